The van der Waals surface area contributed by atoms with E-state index >= 15 is 0 Å². The summed E-state index contributed by atoms with van der Waals surface area (Å²) in [7, 11) is 0. The van der Waals surface area contributed by atoms with E-state index in [0.29, 0.717) is 17.8 Å². The van der Waals surface area contributed by atoms with Gasteiger partial charge >= 0.3 is 5.97 Å². The molecule has 2 aliphatic carbocycles. The van der Waals surface area contributed by atoms with Crippen LogP contribution >= 0.6 is 0 Å². The summed E-state index contributed by atoms with van der Waals surface area (Å²) in [6.07, 6.45) is 20.9. The van der Waals surface area contributed by atoms with E-state index in [2.05, 4.69) is 58.9 Å². The molecule has 0 aromatic carbocycles. The minimum atomic E-state index is -0.948. The standard InChI is InChI=1S/C26H36O3/c1-6-18(2)24-20(4)17-21-22(15-14-19(3)25(21)29)26(24,5)16-12-10-8-7-9-11-13-23(27)28/h6-13,16-17,19,21-22,24-25,29H,14-15H2,1-5H3,(H,27,28)/b9-7+,10-8+,13-11+,16-12+,18-6+/t19-,21-,22+,24+,25-,26-/m0/s1. The highest BCUT2D eigenvalue weighted by Gasteiger charge is 2.50. The maximum absolute atomic E-state index is 10.9. The lowest BCUT2D eigenvalue weighted by atomic mass is 9.51. The van der Waals surface area contributed by atoms with Gasteiger partial charge in [-0.3, -0.25) is 0 Å². The van der Waals surface area contributed by atoms with Gasteiger partial charge in [0.05, 0.1) is 6.10 Å². The molecule has 1 fully saturated rings. The van der Waals surface area contributed by atoms with Crippen LogP contribution in [0.25, 0.3) is 0 Å². The molecule has 3 nitrogen and oxygen atoms in total. The lowest BCUT2D eigenvalue weighted by molar-refractivity contribution is -0.131. The minimum Gasteiger partial charge on any atom is -0.478 e. The monoisotopic (exact) mass is 396 g/mol. The molecule has 0 aromatic rings. The van der Waals surface area contributed by atoms with Crippen molar-refractivity contribution >= 4 is 5.97 Å². The van der Waals surface area contributed by atoms with Crippen LogP contribution in [-0.4, -0.2) is 22.3 Å². The van der Waals surface area contributed by atoms with Crippen LogP contribution in [0.15, 0.2) is 71.9 Å². The zero-order valence-corrected chi connectivity index (χ0v) is 18.4. The molecule has 0 unspecified atom stereocenters. The lowest BCUT2D eigenvalue weighted by Crippen LogP contribution is -2.49. The number of carboxylic acid groups (broad SMARTS) is 1. The second-order valence-corrected chi connectivity index (χ2v) is 8.80. The van der Waals surface area contributed by atoms with Crippen molar-refractivity contribution in [1.29, 1.82) is 0 Å². The summed E-state index contributed by atoms with van der Waals surface area (Å²) in [5, 5.41) is 19.5. The third kappa shape index (κ3) is 5.27. The SMILES string of the molecule is C/C=C(\C)[C@@H]1C(C)=C[C@@H]2[C@@H](O)[C@@H](C)CC[C@H]2[C@]1(C)/C=C/C=C/C=C/C=C/C(=O)O. The quantitative estimate of drug-likeness (QED) is 0.335. The Labute approximate surface area is 175 Å². The van der Waals surface area contributed by atoms with Gasteiger partial charge in [0.2, 0.25) is 0 Å². The van der Waals surface area contributed by atoms with Crippen LogP contribution in [0.3, 0.4) is 0 Å². The first kappa shape index (κ1) is 23.2. The molecule has 3 heteroatoms. The average Bonchev–Trinajstić information content (AvgIpc) is 2.66. The normalized spacial score (nSPS) is 36.3. The summed E-state index contributed by atoms with van der Waals surface area (Å²) in [5.74, 6) is 0.358. The van der Waals surface area contributed by atoms with Gasteiger partial charge in [-0.25, -0.2) is 4.79 Å². The van der Waals surface area contributed by atoms with E-state index in [1.807, 2.05) is 18.2 Å². The number of fused-ring (bicyclic) bond motifs is 1. The van der Waals surface area contributed by atoms with Crippen molar-refractivity contribution in [2.45, 2.75) is 53.6 Å². The van der Waals surface area contributed by atoms with Gasteiger partial charge in [0.15, 0.2) is 0 Å². The third-order valence-corrected chi connectivity index (χ3v) is 6.87. The molecule has 1 saturated carbocycles. The largest absolute Gasteiger partial charge is 0.478 e. The zero-order chi connectivity index (χ0) is 21.6. The fourth-order valence-electron chi connectivity index (χ4n) is 5.36. The van der Waals surface area contributed by atoms with Crippen LogP contribution in [0.1, 0.15) is 47.5 Å². The molecule has 0 radical (unpaired) electrons. The number of aliphatic hydroxyl groups is 1. The molecule has 2 aliphatic rings. The predicted octanol–water partition coefficient (Wildman–Crippen LogP) is 5.87. The summed E-state index contributed by atoms with van der Waals surface area (Å²) in [4.78, 5) is 10.5. The van der Waals surface area contributed by atoms with E-state index in [4.69, 9.17) is 5.11 Å². The molecule has 0 saturated heterocycles. The highest BCUT2D eigenvalue weighted by molar-refractivity contribution is 5.80. The maximum atomic E-state index is 10.9. The van der Waals surface area contributed by atoms with Crippen LogP contribution in [0.5, 0.6) is 0 Å². The van der Waals surface area contributed by atoms with Crippen LogP contribution in [0, 0.1) is 29.1 Å². The molecule has 0 amide bonds. The van der Waals surface area contributed by atoms with Gasteiger partial charge < -0.3 is 10.2 Å². The summed E-state index contributed by atoms with van der Waals surface area (Å²) >= 11 is 0. The summed E-state index contributed by atoms with van der Waals surface area (Å²) in [6.45, 7) is 11.0. The van der Waals surface area contributed by atoms with E-state index in [9.17, 15) is 9.90 Å². The van der Waals surface area contributed by atoms with Crippen LogP contribution < -0.4 is 0 Å². The number of carboxylic acids is 1. The zero-order valence-electron chi connectivity index (χ0n) is 18.4. The fourth-order valence-corrected chi connectivity index (χ4v) is 5.36. The molecule has 0 aliphatic heterocycles. The second kappa shape index (κ2) is 10.1. The Kier molecular flexibility index (Phi) is 8.04. The van der Waals surface area contributed by atoms with Gasteiger partial charge in [0, 0.05) is 17.9 Å². The van der Waals surface area contributed by atoms with E-state index in [0.717, 1.165) is 18.9 Å². The minimum absolute atomic E-state index is 0.0571. The molecule has 158 valence electrons. The van der Waals surface area contributed by atoms with Crippen molar-refractivity contribution in [2.24, 2.45) is 29.1 Å². The number of allylic oxidation sites excluding steroid dienone is 10. The van der Waals surface area contributed by atoms with Gasteiger partial charge in [0.1, 0.15) is 0 Å². The predicted molar refractivity (Wildman–Crippen MR) is 120 cm³/mol. The number of hydrogen-bond acceptors (Lipinski definition) is 2. The molecule has 0 heterocycles. The van der Waals surface area contributed by atoms with Crippen LogP contribution in [0.2, 0.25) is 0 Å². The molecule has 0 aromatic heterocycles. The van der Waals surface area contributed by atoms with Gasteiger partial charge in [-0.05, 0) is 50.9 Å². The topological polar surface area (TPSA) is 57.5 Å². The molecule has 0 spiro atoms. The molecular formula is C26H36O3. The third-order valence-electron chi connectivity index (χ3n) is 6.87. The van der Waals surface area contributed by atoms with Crippen molar-refractivity contribution in [3.05, 3.63) is 71.9 Å². The Balaban J connectivity index is 2.31. The van der Waals surface area contributed by atoms with E-state index in [1.165, 1.54) is 17.2 Å². The van der Waals surface area contributed by atoms with Crippen molar-refractivity contribution in [3.63, 3.8) is 0 Å². The number of carbonyl (C=O) groups is 1. The molecule has 2 N–H and O–H groups in total. The van der Waals surface area contributed by atoms with E-state index in [1.54, 1.807) is 6.08 Å². The molecular weight excluding hydrogens is 360 g/mol. The molecule has 2 rings (SSSR count). The van der Waals surface area contributed by atoms with Crippen molar-refractivity contribution < 1.29 is 15.0 Å². The first-order valence-electron chi connectivity index (χ1n) is 10.6. The van der Waals surface area contributed by atoms with E-state index < -0.39 is 5.97 Å². The molecule has 29 heavy (non-hydrogen) atoms. The number of aliphatic carboxylic acids is 1. The smallest absolute Gasteiger partial charge is 0.328 e. The Hall–Kier alpha value is -2.13. The van der Waals surface area contributed by atoms with Gasteiger partial charge in [-0.1, -0.05) is 79.7 Å². The Morgan fingerprint density at radius 2 is 1.76 bits per heavy atom. The van der Waals surface area contributed by atoms with Crippen LogP contribution in [0.4, 0.5) is 0 Å². The molecule has 0 bridgehead atoms. The Morgan fingerprint density at radius 1 is 1.14 bits per heavy atom. The second-order valence-electron chi connectivity index (χ2n) is 8.80. The first-order valence-corrected chi connectivity index (χ1v) is 10.6. The van der Waals surface area contributed by atoms with Crippen molar-refractivity contribution in [2.75, 3.05) is 0 Å². The number of aliphatic hydroxyl groups excluding tert-OH is 1. The average molecular weight is 397 g/mol. The Morgan fingerprint density at radius 3 is 2.38 bits per heavy atom. The van der Waals surface area contributed by atoms with Crippen molar-refractivity contribution in [3.8, 4) is 0 Å². The Bertz CT molecular complexity index is 765. The molecule has 6 atom stereocenters. The maximum Gasteiger partial charge on any atom is 0.328 e. The lowest BCUT2D eigenvalue weighted by Gasteiger charge is -2.53. The summed E-state index contributed by atoms with van der Waals surface area (Å²) < 4.78 is 0. The van der Waals surface area contributed by atoms with Gasteiger partial charge in [-0.15, -0.1) is 0 Å². The highest BCUT2D eigenvalue weighted by Crippen LogP contribution is 2.56. The fraction of sp³-hybridized carbons (Fsp3) is 0.500. The summed E-state index contributed by atoms with van der Waals surface area (Å²) in [5.41, 5.74) is 2.67. The highest BCUT2D eigenvalue weighted by atomic mass is 16.4. The number of hydrogen-bond donors (Lipinski definition) is 2. The summed E-state index contributed by atoms with van der Waals surface area (Å²) in [6, 6.07) is 0. The van der Waals surface area contributed by atoms with Gasteiger partial charge in [0.25, 0.3) is 0 Å². The van der Waals surface area contributed by atoms with Crippen molar-refractivity contribution in [1.82, 2.24) is 0 Å². The first-order chi connectivity index (χ1) is 13.7. The van der Waals surface area contributed by atoms with E-state index in [-0.39, 0.29) is 17.4 Å². The van der Waals surface area contributed by atoms with Gasteiger partial charge in [-0.2, -0.15) is 0 Å². The van der Waals surface area contributed by atoms with Crippen LogP contribution in [-0.2, 0) is 4.79 Å². The number of rotatable bonds is 6.